The van der Waals surface area contributed by atoms with Crippen LogP contribution in [-0.2, 0) is 7.05 Å². The average Bonchev–Trinajstić information content (AvgIpc) is 3.79. The molecule has 0 radical (unpaired) electrons. The molecule has 0 aliphatic heterocycles. The smallest absolute Gasteiger partial charge is 0.265 e. The highest BCUT2D eigenvalue weighted by Gasteiger charge is 2.22. The van der Waals surface area contributed by atoms with E-state index >= 15 is 0 Å². The standard InChI is InChI=1S/C38H27N6O/c1-41-24-40-42(25-41)26-10-8-11-27(22-26)43(34-16-9-14-32-31-13-3-5-17-36(31)45-38(32)34)28-19-20-30-29-12-2-4-15-33(29)44(35(30)23-28)37-18-6-7-21-39-37/h2-25H,1H3/q+1. The van der Waals surface area contributed by atoms with Crippen molar-refractivity contribution in [3.63, 3.8) is 0 Å². The maximum Gasteiger partial charge on any atom is 0.265 e. The van der Waals surface area contributed by atoms with Gasteiger partial charge < -0.3 is 9.32 Å². The lowest BCUT2D eigenvalue weighted by atomic mass is 10.1. The third-order valence-electron chi connectivity index (χ3n) is 8.42. The monoisotopic (exact) mass is 583 g/mol. The number of aryl methyl sites for hydroxylation is 1. The lowest BCUT2D eigenvalue weighted by Gasteiger charge is -2.26. The van der Waals surface area contributed by atoms with Crippen LogP contribution >= 0.6 is 0 Å². The van der Waals surface area contributed by atoms with Crippen LogP contribution in [0.2, 0.25) is 0 Å². The lowest BCUT2D eigenvalue weighted by molar-refractivity contribution is -0.672. The van der Waals surface area contributed by atoms with Gasteiger partial charge in [0.2, 0.25) is 6.33 Å². The van der Waals surface area contributed by atoms with Gasteiger partial charge in [0.25, 0.3) is 6.33 Å². The second kappa shape index (κ2) is 9.92. The molecule has 0 aliphatic carbocycles. The van der Waals surface area contributed by atoms with E-state index in [-0.39, 0.29) is 0 Å². The van der Waals surface area contributed by atoms with Crippen molar-refractivity contribution in [1.29, 1.82) is 0 Å². The molecule has 0 amide bonds. The van der Waals surface area contributed by atoms with Crippen LogP contribution in [0.1, 0.15) is 0 Å². The molecule has 214 valence electrons. The summed E-state index contributed by atoms with van der Waals surface area (Å²) in [6.07, 6.45) is 5.60. The van der Waals surface area contributed by atoms with Crippen LogP contribution in [0.15, 0.2) is 151 Å². The Morgan fingerprint density at radius 3 is 2.31 bits per heavy atom. The highest BCUT2D eigenvalue weighted by atomic mass is 16.3. The van der Waals surface area contributed by atoms with E-state index in [1.807, 2.05) is 53.1 Å². The van der Waals surface area contributed by atoms with Gasteiger partial charge in [-0.25, -0.2) is 9.55 Å². The topological polar surface area (TPSA) is 55.9 Å². The number of furan rings is 1. The second-order valence-corrected chi connectivity index (χ2v) is 11.2. The van der Waals surface area contributed by atoms with Gasteiger partial charge in [0.1, 0.15) is 17.1 Å². The van der Waals surface area contributed by atoms with E-state index in [1.54, 1.807) is 6.33 Å². The van der Waals surface area contributed by atoms with Gasteiger partial charge in [0.05, 0.1) is 23.8 Å². The van der Waals surface area contributed by atoms with Crippen molar-refractivity contribution in [3.05, 3.63) is 146 Å². The van der Waals surface area contributed by atoms with E-state index in [4.69, 9.17) is 9.40 Å². The van der Waals surface area contributed by atoms with E-state index in [0.717, 1.165) is 61.5 Å². The minimum atomic E-state index is 0.833. The van der Waals surface area contributed by atoms with Crippen LogP contribution in [0, 0.1) is 0 Å². The zero-order valence-corrected chi connectivity index (χ0v) is 24.4. The molecule has 4 heterocycles. The van der Waals surface area contributed by atoms with Gasteiger partial charge in [-0.05, 0) is 54.6 Å². The molecule has 45 heavy (non-hydrogen) atoms. The van der Waals surface area contributed by atoms with Crippen molar-refractivity contribution in [2.24, 2.45) is 7.05 Å². The second-order valence-electron chi connectivity index (χ2n) is 11.2. The van der Waals surface area contributed by atoms with Gasteiger partial charge in [-0.1, -0.05) is 71.4 Å². The number of anilines is 3. The summed E-state index contributed by atoms with van der Waals surface area (Å²) in [6, 6.07) is 44.2. The number of hydrogen-bond donors (Lipinski definition) is 0. The number of para-hydroxylation sites is 3. The Bertz CT molecular complexity index is 2520. The summed E-state index contributed by atoms with van der Waals surface area (Å²) < 4.78 is 12.6. The van der Waals surface area contributed by atoms with E-state index in [2.05, 4.69) is 118 Å². The van der Waals surface area contributed by atoms with E-state index in [9.17, 15) is 0 Å². The molecule has 0 saturated heterocycles. The number of hydrogen-bond acceptors (Lipinski definition) is 4. The maximum absolute atomic E-state index is 6.58. The highest BCUT2D eigenvalue weighted by Crippen LogP contribution is 2.44. The Morgan fingerprint density at radius 1 is 0.667 bits per heavy atom. The molecule has 9 rings (SSSR count). The van der Waals surface area contributed by atoms with Crippen molar-refractivity contribution in [2.75, 3.05) is 4.90 Å². The van der Waals surface area contributed by atoms with Crippen LogP contribution in [-0.4, -0.2) is 19.3 Å². The van der Waals surface area contributed by atoms with Crippen molar-refractivity contribution in [3.8, 4) is 11.5 Å². The molecular formula is C38H27N6O+. The van der Waals surface area contributed by atoms with E-state index in [1.165, 1.54) is 10.8 Å². The van der Waals surface area contributed by atoms with Crippen LogP contribution in [0.4, 0.5) is 17.1 Å². The van der Waals surface area contributed by atoms with Gasteiger partial charge in [-0.15, -0.1) is 0 Å². The Labute approximate surface area is 258 Å². The fourth-order valence-electron chi connectivity index (χ4n) is 6.44. The molecule has 0 unspecified atom stereocenters. The summed E-state index contributed by atoms with van der Waals surface area (Å²) in [5.41, 5.74) is 7.78. The highest BCUT2D eigenvalue weighted by molar-refractivity contribution is 6.12. The lowest BCUT2D eigenvalue weighted by Crippen LogP contribution is -2.23. The van der Waals surface area contributed by atoms with E-state index in [0.29, 0.717) is 0 Å². The number of fused-ring (bicyclic) bond motifs is 6. The molecular weight excluding hydrogens is 556 g/mol. The number of pyridine rings is 1. The van der Waals surface area contributed by atoms with Gasteiger partial charge in [-0.3, -0.25) is 4.57 Å². The SMILES string of the molecule is C[n+]1cnn(-c2cccc(N(c3ccc4c5ccccc5n(-c5ccccn5)c4c3)c3cccc4c3oc3ccccc34)c2)c1. The molecule has 0 saturated carbocycles. The fourth-order valence-corrected chi connectivity index (χ4v) is 6.44. The van der Waals surface area contributed by atoms with Crippen LogP contribution in [0.3, 0.4) is 0 Å². The molecule has 5 aromatic carbocycles. The maximum atomic E-state index is 6.58. The Morgan fingerprint density at radius 2 is 1.44 bits per heavy atom. The Balaban J connectivity index is 1.34. The van der Waals surface area contributed by atoms with E-state index < -0.39 is 0 Å². The van der Waals surface area contributed by atoms with Crippen LogP contribution in [0.25, 0.3) is 55.2 Å². The normalized spacial score (nSPS) is 11.7. The number of benzene rings is 5. The Hall–Kier alpha value is -6.21. The zero-order chi connectivity index (χ0) is 29.9. The van der Waals surface area contributed by atoms with Crippen molar-refractivity contribution >= 4 is 60.8 Å². The summed E-state index contributed by atoms with van der Waals surface area (Å²) in [5, 5.41) is 9.08. The predicted molar refractivity (Wildman–Crippen MR) is 179 cm³/mol. The van der Waals surface area contributed by atoms with Crippen LogP contribution < -0.4 is 9.47 Å². The quantitative estimate of drug-likeness (QED) is 0.191. The number of aromatic nitrogens is 5. The molecule has 0 aliphatic rings. The van der Waals surface area contributed by atoms with Gasteiger partial charge in [0.15, 0.2) is 5.58 Å². The molecule has 7 nitrogen and oxygen atoms in total. The first kappa shape index (κ1) is 25.3. The first-order valence-electron chi connectivity index (χ1n) is 14.9. The summed E-state index contributed by atoms with van der Waals surface area (Å²) in [4.78, 5) is 7.02. The summed E-state index contributed by atoms with van der Waals surface area (Å²) in [6.45, 7) is 0. The minimum Gasteiger partial charge on any atom is -0.454 e. The molecule has 0 N–H and O–H groups in total. The van der Waals surface area contributed by atoms with Gasteiger partial charge in [-0.2, -0.15) is 0 Å². The predicted octanol–water partition coefficient (Wildman–Crippen LogP) is 8.56. The fraction of sp³-hybridized carbons (Fsp3) is 0.0263. The number of nitrogens with zero attached hydrogens (tertiary/aromatic N) is 6. The molecule has 0 spiro atoms. The van der Waals surface area contributed by atoms with Crippen LogP contribution in [0.5, 0.6) is 0 Å². The first-order valence-corrected chi connectivity index (χ1v) is 14.9. The average molecular weight is 584 g/mol. The first-order chi connectivity index (χ1) is 22.2. The largest absolute Gasteiger partial charge is 0.454 e. The molecule has 4 aromatic heterocycles. The van der Waals surface area contributed by atoms with Crippen molar-refractivity contribution < 1.29 is 8.98 Å². The van der Waals surface area contributed by atoms with Crippen molar-refractivity contribution in [2.45, 2.75) is 0 Å². The van der Waals surface area contributed by atoms with Crippen molar-refractivity contribution in [1.82, 2.24) is 19.3 Å². The summed E-state index contributed by atoms with van der Waals surface area (Å²) >= 11 is 0. The third-order valence-corrected chi connectivity index (χ3v) is 8.42. The van der Waals surface area contributed by atoms with Gasteiger partial charge in [0, 0.05) is 50.3 Å². The Kier molecular flexibility index (Phi) is 5.58. The molecule has 0 fully saturated rings. The summed E-state index contributed by atoms with van der Waals surface area (Å²) in [5.74, 6) is 0.875. The zero-order valence-electron chi connectivity index (χ0n) is 24.4. The molecule has 0 bridgehead atoms. The summed E-state index contributed by atoms with van der Waals surface area (Å²) in [7, 11) is 1.97. The molecule has 7 heteroatoms. The number of rotatable bonds is 5. The minimum absolute atomic E-state index is 0.833. The molecule has 9 aromatic rings. The van der Waals surface area contributed by atoms with Gasteiger partial charge >= 0.3 is 0 Å². The molecule has 0 atom stereocenters. The third kappa shape index (κ3) is 4.02.